The first-order chi connectivity index (χ1) is 10.1. The van der Waals surface area contributed by atoms with Gasteiger partial charge in [-0.25, -0.2) is 4.98 Å². The Morgan fingerprint density at radius 1 is 1.38 bits per heavy atom. The van der Waals surface area contributed by atoms with E-state index in [1.807, 2.05) is 18.2 Å². The third-order valence-electron chi connectivity index (χ3n) is 3.22. The zero-order valence-electron chi connectivity index (χ0n) is 11.8. The number of carbonyl (C=O) groups is 1. The van der Waals surface area contributed by atoms with Crippen molar-refractivity contribution in [2.45, 2.75) is 25.8 Å². The molecule has 21 heavy (non-hydrogen) atoms. The lowest BCUT2D eigenvalue weighted by Crippen LogP contribution is -2.18. The van der Waals surface area contributed by atoms with Crippen LogP contribution >= 0.6 is 11.6 Å². The molecule has 0 saturated heterocycles. The molecule has 1 aromatic carbocycles. The van der Waals surface area contributed by atoms with Crippen molar-refractivity contribution in [1.29, 1.82) is 0 Å². The van der Waals surface area contributed by atoms with Gasteiger partial charge in [0.05, 0.1) is 10.6 Å². The first-order valence-corrected chi connectivity index (χ1v) is 7.20. The van der Waals surface area contributed by atoms with Crippen molar-refractivity contribution in [3.8, 4) is 0 Å². The molecule has 0 spiro atoms. The van der Waals surface area contributed by atoms with Gasteiger partial charge >= 0.3 is 0 Å². The molecule has 0 saturated carbocycles. The van der Waals surface area contributed by atoms with Gasteiger partial charge < -0.3 is 11.1 Å². The van der Waals surface area contributed by atoms with Crippen molar-refractivity contribution < 1.29 is 4.79 Å². The highest BCUT2D eigenvalue weighted by Crippen LogP contribution is 2.21. The van der Waals surface area contributed by atoms with E-state index in [1.165, 1.54) is 17.8 Å². The van der Waals surface area contributed by atoms with Gasteiger partial charge in [0.2, 0.25) is 5.91 Å². The number of carbonyl (C=O) groups excluding carboxylic acids is 1. The van der Waals surface area contributed by atoms with E-state index in [-0.39, 0.29) is 6.04 Å². The molecular weight excluding hydrogens is 286 g/mol. The first kappa shape index (κ1) is 15.3. The van der Waals surface area contributed by atoms with Crippen LogP contribution in [0.1, 0.15) is 29.3 Å². The van der Waals surface area contributed by atoms with Crippen LogP contribution in [0.5, 0.6) is 0 Å². The summed E-state index contributed by atoms with van der Waals surface area (Å²) in [5, 5.41) is 3.65. The molecule has 2 aromatic rings. The van der Waals surface area contributed by atoms with Crippen LogP contribution < -0.4 is 11.1 Å². The van der Waals surface area contributed by atoms with Gasteiger partial charge in [-0.1, -0.05) is 41.9 Å². The zero-order valence-corrected chi connectivity index (χ0v) is 12.6. The maximum atomic E-state index is 11.0. The third kappa shape index (κ3) is 4.46. The number of nitrogens with two attached hydrogens (primary N) is 1. The van der Waals surface area contributed by atoms with Gasteiger partial charge in [0, 0.05) is 12.2 Å². The Kier molecular flexibility index (Phi) is 5.17. The standard InChI is InChI=1S/C16H18ClN3O/c1-11(7-8-12-5-3-2-4-6-12)20-16-14(17)9-13(10-19-16)15(18)21/h2-6,9-11H,7-8H2,1H3,(H2,18,21)(H,19,20)/t11-/m0/s1. The molecule has 0 fully saturated rings. The average Bonchev–Trinajstić information content (AvgIpc) is 2.48. The van der Waals surface area contributed by atoms with Crippen LogP contribution in [0.4, 0.5) is 5.82 Å². The highest BCUT2D eigenvalue weighted by molar-refractivity contribution is 6.33. The van der Waals surface area contributed by atoms with Gasteiger partial charge in [0.1, 0.15) is 5.82 Å². The van der Waals surface area contributed by atoms with Gasteiger partial charge in [0.25, 0.3) is 0 Å². The van der Waals surface area contributed by atoms with E-state index in [9.17, 15) is 4.79 Å². The number of halogens is 1. The van der Waals surface area contributed by atoms with Crippen LogP contribution in [0, 0.1) is 0 Å². The number of hydrogen-bond acceptors (Lipinski definition) is 3. The minimum absolute atomic E-state index is 0.217. The molecule has 0 bridgehead atoms. The smallest absolute Gasteiger partial charge is 0.250 e. The first-order valence-electron chi connectivity index (χ1n) is 6.82. The van der Waals surface area contributed by atoms with E-state index in [0.29, 0.717) is 16.4 Å². The van der Waals surface area contributed by atoms with E-state index in [2.05, 4.69) is 29.4 Å². The van der Waals surface area contributed by atoms with E-state index in [4.69, 9.17) is 17.3 Å². The predicted octanol–water partition coefficient (Wildman–Crippen LogP) is 3.27. The number of primary amides is 1. The molecule has 4 nitrogen and oxygen atoms in total. The molecule has 0 aliphatic heterocycles. The lowest BCUT2D eigenvalue weighted by molar-refractivity contribution is 0.1000. The number of amides is 1. The van der Waals surface area contributed by atoms with Crippen molar-refractivity contribution in [2.24, 2.45) is 5.73 Å². The molecule has 0 aliphatic rings. The molecule has 2 rings (SSSR count). The van der Waals surface area contributed by atoms with E-state index in [0.717, 1.165) is 12.8 Å². The Balaban J connectivity index is 1.93. The van der Waals surface area contributed by atoms with E-state index >= 15 is 0 Å². The summed E-state index contributed by atoms with van der Waals surface area (Å²) in [5.74, 6) is 0.0373. The summed E-state index contributed by atoms with van der Waals surface area (Å²) in [4.78, 5) is 15.2. The van der Waals surface area contributed by atoms with Gasteiger partial charge in [-0.15, -0.1) is 0 Å². The minimum Gasteiger partial charge on any atom is -0.366 e. The molecule has 1 atom stereocenters. The summed E-state index contributed by atoms with van der Waals surface area (Å²) in [6, 6.07) is 12.1. The molecule has 5 heteroatoms. The van der Waals surface area contributed by atoms with Crippen molar-refractivity contribution in [3.05, 3.63) is 58.7 Å². The molecular formula is C16H18ClN3O. The molecule has 1 aromatic heterocycles. The topological polar surface area (TPSA) is 68.0 Å². The van der Waals surface area contributed by atoms with Gasteiger partial charge in [-0.3, -0.25) is 4.79 Å². The summed E-state index contributed by atoms with van der Waals surface area (Å²) in [6.45, 7) is 2.07. The Bertz CT molecular complexity index is 616. The second-order valence-corrected chi connectivity index (χ2v) is 5.40. The summed E-state index contributed by atoms with van der Waals surface area (Å²) in [7, 11) is 0. The highest BCUT2D eigenvalue weighted by Gasteiger charge is 2.10. The van der Waals surface area contributed by atoms with Crippen LogP contribution in [0.25, 0.3) is 0 Å². The second kappa shape index (κ2) is 7.09. The quantitative estimate of drug-likeness (QED) is 0.860. The van der Waals surface area contributed by atoms with Crippen molar-refractivity contribution in [1.82, 2.24) is 4.98 Å². The maximum absolute atomic E-state index is 11.0. The molecule has 0 unspecified atom stereocenters. The summed E-state index contributed by atoms with van der Waals surface area (Å²) in [5.41, 5.74) is 6.80. The average molecular weight is 304 g/mol. The van der Waals surface area contributed by atoms with Crippen LogP contribution in [0.2, 0.25) is 5.02 Å². The molecule has 1 heterocycles. The summed E-state index contributed by atoms with van der Waals surface area (Å²) < 4.78 is 0. The number of aryl methyl sites for hydroxylation is 1. The van der Waals surface area contributed by atoms with E-state index in [1.54, 1.807) is 0 Å². The number of rotatable bonds is 6. The number of nitrogens with one attached hydrogen (secondary N) is 1. The molecule has 0 radical (unpaired) electrons. The number of pyridine rings is 1. The van der Waals surface area contributed by atoms with Gasteiger partial charge in [-0.2, -0.15) is 0 Å². The van der Waals surface area contributed by atoms with Crippen LogP contribution in [-0.2, 0) is 6.42 Å². The number of anilines is 1. The Hall–Kier alpha value is -2.07. The SMILES string of the molecule is C[C@@H](CCc1ccccc1)Nc1ncc(C(N)=O)cc1Cl. The number of hydrogen-bond donors (Lipinski definition) is 2. The molecule has 110 valence electrons. The number of benzene rings is 1. The lowest BCUT2D eigenvalue weighted by Gasteiger charge is -2.15. The fourth-order valence-corrected chi connectivity index (χ4v) is 2.23. The third-order valence-corrected chi connectivity index (χ3v) is 3.51. The van der Waals surface area contributed by atoms with Crippen molar-refractivity contribution in [2.75, 3.05) is 5.32 Å². The largest absolute Gasteiger partial charge is 0.366 e. The minimum atomic E-state index is -0.534. The van der Waals surface area contributed by atoms with Crippen LogP contribution in [0.3, 0.4) is 0 Å². The van der Waals surface area contributed by atoms with Crippen molar-refractivity contribution >= 4 is 23.3 Å². The normalized spacial score (nSPS) is 11.9. The van der Waals surface area contributed by atoms with Crippen LogP contribution in [-0.4, -0.2) is 16.9 Å². The summed E-state index contributed by atoms with van der Waals surface area (Å²) >= 11 is 6.10. The second-order valence-electron chi connectivity index (χ2n) is 4.99. The maximum Gasteiger partial charge on any atom is 0.250 e. The fraction of sp³-hybridized carbons (Fsp3) is 0.250. The Morgan fingerprint density at radius 2 is 2.10 bits per heavy atom. The molecule has 1 amide bonds. The van der Waals surface area contributed by atoms with Gasteiger partial charge in [0.15, 0.2) is 0 Å². The fourth-order valence-electron chi connectivity index (χ4n) is 2.01. The lowest BCUT2D eigenvalue weighted by atomic mass is 10.1. The molecule has 0 aliphatic carbocycles. The van der Waals surface area contributed by atoms with E-state index < -0.39 is 5.91 Å². The molecule has 3 N–H and O–H groups in total. The Morgan fingerprint density at radius 3 is 2.71 bits per heavy atom. The predicted molar refractivity (Wildman–Crippen MR) is 85.6 cm³/mol. The van der Waals surface area contributed by atoms with Crippen LogP contribution in [0.15, 0.2) is 42.6 Å². The number of nitrogens with zero attached hydrogens (tertiary/aromatic N) is 1. The Labute approximate surface area is 129 Å². The monoisotopic (exact) mass is 303 g/mol. The van der Waals surface area contributed by atoms with Gasteiger partial charge in [-0.05, 0) is 31.4 Å². The highest BCUT2D eigenvalue weighted by atomic mass is 35.5. The van der Waals surface area contributed by atoms with Crippen molar-refractivity contribution in [3.63, 3.8) is 0 Å². The number of aromatic nitrogens is 1. The summed E-state index contributed by atoms with van der Waals surface area (Å²) in [6.07, 6.45) is 3.37. The zero-order chi connectivity index (χ0) is 15.2.